The first-order chi connectivity index (χ1) is 18.6. The summed E-state index contributed by atoms with van der Waals surface area (Å²) in [6.07, 6.45) is 1.02. The number of benzene rings is 3. The number of anilines is 1. The maximum absolute atomic E-state index is 14.0. The van der Waals surface area contributed by atoms with Crippen molar-refractivity contribution < 1.29 is 18.0 Å². The summed E-state index contributed by atoms with van der Waals surface area (Å²) in [6, 6.07) is 18.6. The van der Waals surface area contributed by atoms with Crippen LogP contribution in [0.25, 0.3) is 0 Å². The minimum absolute atomic E-state index is 0.0362. The van der Waals surface area contributed by atoms with E-state index in [0.717, 1.165) is 15.2 Å². The van der Waals surface area contributed by atoms with E-state index in [-0.39, 0.29) is 17.3 Å². The van der Waals surface area contributed by atoms with E-state index in [4.69, 9.17) is 23.2 Å². The lowest BCUT2D eigenvalue weighted by Gasteiger charge is -2.33. The van der Waals surface area contributed by atoms with Crippen LogP contribution in [0.15, 0.2) is 82.2 Å². The van der Waals surface area contributed by atoms with Crippen molar-refractivity contribution >= 4 is 66.7 Å². The van der Waals surface area contributed by atoms with Gasteiger partial charge in [0.05, 0.1) is 10.6 Å². The van der Waals surface area contributed by atoms with E-state index in [0.29, 0.717) is 34.3 Å². The molecule has 0 aliphatic rings. The van der Waals surface area contributed by atoms with E-state index >= 15 is 0 Å². The zero-order valence-electron chi connectivity index (χ0n) is 21.6. The molecular formula is C28H30BrCl2N3O4S. The van der Waals surface area contributed by atoms with Gasteiger partial charge >= 0.3 is 0 Å². The molecule has 0 bridgehead atoms. The van der Waals surface area contributed by atoms with Crippen LogP contribution in [-0.4, -0.2) is 44.3 Å². The van der Waals surface area contributed by atoms with Gasteiger partial charge in [-0.3, -0.25) is 13.9 Å². The Morgan fingerprint density at radius 1 is 0.923 bits per heavy atom. The highest BCUT2D eigenvalue weighted by Crippen LogP contribution is 2.29. The van der Waals surface area contributed by atoms with Gasteiger partial charge in [-0.05, 0) is 61.4 Å². The zero-order valence-corrected chi connectivity index (χ0v) is 25.5. The average Bonchev–Trinajstić information content (AvgIpc) is 2.92. The summed E-state index contributed by atoms with van der Waals surface area (Å²) in [7, 11) is -4.13. The summed E-state index contributed by atoms with van der Waals surface area (Å²) in [5, 5.41) is 3.52. The molecule has 0 saturated carbocycles. The normalized spacial score (nSPS) is 12.0. The molecule has 39 heavy (non-hydrogen) atoms. The SMILES string of the molecule is CCCNC(=O)[C@@H](CC)N(Cc1c(Cl)cccc1Cl)C(=O)CN(c1ccc(Br)cc1)S(=O)(=O)c1ccccc1. The van der Waals surface area contributed by atoms with Crippen LogP contribution in [-0.2, 0) is 26.2 Å². The lowest BCUT2D eigenvalue weighted by Crippen LogP contribution is -2.52. The molecule has 11 heteroatoms. The fourth-order valence-corrected chi connectivity index (χ4v) is 6.21. The first-order valence-corrected chi connectivity index (χ1v) is 15.4. The summed E-state index contributed by atoms with van der Waals surface area (Å²) < 4.78 is 29.4. The molecule has 0 spiro atoms. The van der Waals surface area contributed by atoms with Crippen molar-refractivity contribution in [2.24, 2.45) is 0 Å². The van der Waals surface area contributed by atoms with Crippen LogP contribution in [0, 0.1) is 0 Å². The van der Waals surface area contributed by atoms with Crippen molar-refractivity contribution in [1.29, 1.82) is 0 Å². The largest absolute Gasteiger partial charge is 0.354 e. The monoisotopic (exact) mass is 653 g/mol. The van der Waals surface area contributed by atoms with Crippen molar-refractivity contribution in [2.75, 3.05) is 17.4 Å². The predicted octanol–water partition coefficient (Wildman–Crippen LogP) is 6.28. The minimum atomic E-state index is -4.13. The molecule has 0 aromatic heterocycles. The molecule has 3 aromatic carbocycles. The Morgan fingerprint density at radius 3 is 2.10 bits per heavy atom. The van der Waals surface area contributed by atoms with E-state index in [2.05, 4.69) is 21.2 Å². The van der Waals surface area contributed by atoms with Crippen LogP contribution in [0.1, 0.15) is 32.3 Å². The van der Waals surface area contributed by atoms with Crippen molar-refractivity contribution in [3.8, 4) is 0 Å². The molecule has 1 N–H and O–H groups in total. The molecule has 0 aliphatic carbocycles. The summed E-state index contributed by atoms with van der Waals surface area (Å²) >= 11 is 16.2. The highest BCUT2D eigenvalue weighted by molar-refractivity contribution is 9.10. The van der Waals surface area contributed by atoms with Crippen LogP contribution in [0.4, 0.5) is 5.69 Å². The van der Waals surface area contributed by atoms with Gasteiger partial charge in [0.2, 0.25) is 11.8 Å². The highest BCUT2D eigenvalue weighted by atomic mass is 79.9. The third-order valence-corrected chi connectivity index (χ3v) is 9.07. The topological polar surface area (TPSA) is 86.8 Å². The summed E-state index contributed by atoms with van der Waals surface area (Å²) in [6.45, 7) is 3.54. The Kier molecular flexibility index (Phi) is 11.2. The number of rotatable bonds is 12. The number of sulfonamides is 1. The zero-order chi connectivity index (χ0) is 28.6. The van der Waals surface area contributed by atoms with E-state index < -0.39 is 28.5 Å². The second-order valence-electron chi connectivity index (χ2n) is 8.74. The molecule has 0 unspecified atom stereocenters. The molecule has 0 fully saturated rings. The number of carbonyl (C=O) groups is 2. The van der Waals surface area contributed by atoms with Crippen LogP contribution in [0.5, 0.6) is 0 Å². The van der Waals surface area contributed by atoms with E-state index in [1.807, 2.05) is 6.92 Å². The average molecular weight is 655 g/mol. The Morgan fingerprint density at radius 2 is 1.54 bits per heavy atom. The van der Waals surface area contributed by atoms with Gasteiger partial charge in [0.15, 0.2) is 0 Å². The first kappa shape index (κ1) is 30.9. The van der Waals surface area contributed by atoms with Gasteiger partial charge < -0.3 is 10.2 Å². The third kappa shape index (κ3) is 7.75. The number of nitrogens with one attached hydrogen (secondary N) is 1. The van der Waals surface area contributed by atoms with Gasteiger partial charge in [-0.1, -0.05) is 77.2 Å². The number of hydrogen-bond acceptors (Lipinski definition) is 4. The molecule has 7 nitrogen and oxygen atoms in total. The van der Waals surface area contributed by atoms with Crippen LogP contribution in [0.3, 0.4) is 0 Å². The first-order valence-electron chi connectivity index (χ1n) is 12.4. The number of carbonyl (C=O) groups excluding carboxylic acids is 2. The number of amides is 2. The van der Waals surface area contributed by atoms with Crippen molar-refractivity contribution in [2.45, 2.75) is 44.2 Å². The van der Waals surface area contributed by atoms with Crippen LogP contribution in [0.2, 0.25) is 10.0 Å². The molecule has 2 amide bonds. The summed E-state index contributed by atoms with van der Waals surface area (Å²) in [5.41, 5.74) is 0.770. The number of halogens is 3. The van der Waals surface area contributed by atoms with Gasteiger partial charge in [-0.2, -0.15) is 0 Å². The predicted molar refractivity (Wildman–Crippen MR) is 160 cm³/mol. The van der Waals surface area contributed by atoms with Gasteiger partial charge in [-0.15, -0.1) is 0 Å². The Labute approximate surface area is 248 Å². The van der Waals surface area contributed by atoms with E-state index in [1.54, 1.807) is 67.6 Å². The Hall–Kier alpha value is -2.59. The molecule has 0 saturated heterocycles. The molecule has 3 aromatic rings. The second kappa shape index (κ2) is 14.2. The molecular weight excluding hydrogens is 625 g/mol. The maximum Gasteiger partial charge on any atom is 0.264 e. The second-order valence-corrected chi connectivity index (χ2v) is 12.3. The molecule has 3 rings (SSSR count). The summed E-state index contributed by atoms with van der Waals surface area (Å²) in [5.74, 6) is -0.913. The van der Waals surface area contributed by atoms with E-state index in [9.17, 15) is 18.0 Å². The van der Waals surface area contributed by atoms with Gasteiger partial charge in [-0.25, -0.2) is 8.42 Å². The summed E-state index contributed by atoms with van der Waals surface area (Å²) in [4.78, 5) is 28.6. The van der Waals surface area contributed by atoms with Gasteiger partial charge in [0, 0.05) is 33.2 Å². The Balaban J connectivity index is 2.07. The maximum atomic E-state index is 14.0. The van der Waals surface area contributed by atoms with Crippen LogP contribution < -0.4 is 9.62 Å². The third-order valence-electron chi connectivity index (χ3n) is 6.05. The molecule has 0 heterocycles. The molecule has 0 aliphatic heterocycles. The van der Waals surface area contributed by atoms with Gasteiger partial charge in [0.25, 0.3) is 10.0 Å². The molecule has 1 atom stereocenters. The highest BCUT2D eigenvalue weighted by Gasteiger charge is 2.34. The standard InChI is InChI=1S/C28H30BrCl2N3O4S/c1-3-17-32-28(36)26(4-2)33(18-23-24(30)11-8-12-25(23)31)27(35)19-34(21-15-13-20(29)14-16-21)39(37,38)22-9-6-5-7-10-22/h5-16,26H,3-4,17-19H2,1-2H3,(H,32,36)/t26-/m1/s1. The lowest BCUT2D eigenvalue weighted by atomic mass is 10.1. The van der Waals surface area contributed by atoms with Crippen molar-refractivity contribution in [1.82, 2.24) is 10.2 Å². The van der Waals surface area contributed by atoms with Crippen molar-refractivity contribution in [3.63, 3.8) is 0 Å². The fraction of sp³-hybridized carbons (Fsp3) is 0.286. The fourth-order valence-electron chi connectivity index (χ4n) is 4.00. The van der Waals surface area contributed by atoms with Gasteiger partial charge in [0.1, 0.15) is 12.6 Å². The van der Waals surface area contributed by atoms with Crippen LogP contribution >= 0.6 is 39.1 Å². The number of nitrogens with zero attached hydrogens (tertiary/aromatic N) is 2. The lowest BCUT2D eigenvalue weighted by molar-refractivity contribution is -0.140. The quantitative estimate of drug-likeness (QED) is 0.249. The molecule has 0 radical (unpaired) electrons. The van der Waals surface area contributed by atoms with Crippen molar-refractivity contribution in [3.05, 3.63) is 92.9 Å². The van der Waals surface area contributed by atoms with E-state index in [1.165, 1.54) is 17.0 Å². The molecule has 208 valence electrons. The smallest absolute Gasteiger partial charge is 0.264 e. The minimum Gasteiger partial charge on any atom is -0.354 e. The number of hydrogen-bond donors (Lipinski definition) is 1. The Bertz CT molecular complexity index is 1370.